The molecule has 0 unspecified atom stereocenters. The lowest BCUT2D eigenvalue weighted by atomic mass is 10.6. The van der Waals surface area contributed by atoms with Crippen LogP contribution in [0.4, 0.5) is 0 Å². The molecule has 0 saturated heterocycles. The van der Waals surface area contributed by atoms with Crippen molar-refractivity contribution in [2.24, 2.45) is 0 Å². The van der Waals surface area contributed by atoms with E-state index in [0.29, 0.717) is 25.7 Å². The fourth-order valence-electron chi connectivity index (χ4n) is 0.431. The molecule has 0 spiro atoms. The maximum Gasteiger partial charge on any atom is 0.111 e. The minimum atomic E-state index is 0.535. The van der Waals surface area contributed by atoms with Crippen molar-refractivity contribution < 1.29 is 9.47 Å². The van der Waals surface area contributed by atoms with Crippen LogP contribution in [0.5, 0.6) is 0 Å². The first kappa shape index (κ1) is 9.79. The van der Waals surface area contributed by atoms with Gasteiger partial charge in [0.15, 0.2) is 0 Å². The molecule has 60 valence electrons. The van der Waals surface area contributed by atoms with Gasteiger partial charge >= 0.3 is 0 Å². The van der Waals surface area contributed by atoms with Crippen LogP contribution in [-0.2, 0) is 9.47 Å². The fraction of sp³-hybridized carbons (Fsp3) is 0.714. The van der Waals surface area contributed by atoms with Gasteiger partial charge in [-0.25, -0.2) is 0 Å². The highest BCUT2D eigenvalue weighted by molar-refractivity contribution is 6.17. The molecule has 0 rings (SSSR count). The first-order chi connectivity index (χ1) is 4.77. The van der Waals surface area contributed by atoms with Gasteiger partial charge in [-0.2, -0.15) is 0 Å². The number of rotatable bonds is 6. The molecule has 0 bridgehead atoms. The Hall–Kier alpha value is -0.210. The van der Waals surface area contributed by atoms with Gasteiger partial charge in [0.25, 0.3) is 0 Å². The lowest BCUT2D eigenvalue weighted by Gasteiger charge is -2.04. The van der Waals surface area contributed by atoms with E-state index in [0.717, 1.165) is 5.76 Å². The Morgan fingerprint density at radius 2 is 2.10 bits per heavy atom. The summed E-state index contributed by atoms with van der Waals surface area (Å²) in [6.07, 6.45) is 0. The van der Waals surface area contributed by atoms with Gasteiger partial charge in [-0.05, 0) is 6.92 Å². The topological polar surface area (TPSA) is 18.5 Å². The predicted octanol–water partition coefficient (Wildman–Crippen LogP) is 1.79. The molecule has 0 aromatic heterocycles. The second kappa shape index (κ2) is 6.90. The molecule has 0 fully saturated rings. The van der Waals surface area contributed by atoms with Gasteiger partial charge in [0, 0.05) is 5.88 Å². The summed E-state index contributed by atoms with van der Waals surface area (Å²) in [7, 11) is 0. The second-order valence-electron chi connectivity index (χ2n) is 1.85. The standard InChI is InChI=1S/C7H13ClO2/c1-7(2)10-6-5-9-4-3-8/h1,3-6H2,2H3. The van der Waals surface area contributed by atoms with E-state index in [1.807, 2.05) is 6.92 Å². The number of alkyl halides is 1. The SMILES string of the molecule is C=C(C)OCCOCCCl. The molecule has 0 saturated carbocycles. The minimum absolute atomic E-state index is 0.535. The quantitative estimate of drug-likeness (QED) is 0.339. The van der Waals surface area contributed by atoms with Crippen LogP contribution in [0.25, 0.3) is 0 Å². The highest BCUT2D eigenvalue weighted by atomic mass is 35.5. The Balaban J connectivity index is 2.84. The van der Waals surface area contributed by atoms with E-state index in [-0.39, 0.29) is 0 Å². The fourth-order valence-corrected chi connectivity index (χ4v) is 0.541. The van der Waals surface area contributed by atoms with Crippen LogP contribution in [0, 0.1) is 0 Å². The molecule has 0 amide bonds. The van der Waals surface area contributed by atoms with Crippen molar-refractivity contribution in [1.29, 1.82) is 0 Å². The van der Waals surface area contributed by atoms with Crippen molar-refractivity contribution in [1.82, 2.24) is 0 Å². The molecule has 0 aromatic rings. The smallest absolute Gasteiger partial charge is 0.111 e. The van der Waals surface area contributed by atoms with Gasteiger partial charge in [0.05, 0.1) is 19.0 Å². The largest absolute Gasteiger partial charge is 0.496 e. The van der Waals surface area contributed by atoms with Crippen LogP contribution in [0.15, 0.2) is 12.3 Å². The molecule has 2 nitrogen and oxygen atoms in total. The van der Waals surface area contributed by atoms with Crippen molar-refractivity contribution in [2.75, 3.05) is 25.7 Å². The Kier molecular flexibility index (Phi) is 6.76. The molecule has 0 aliphatic rings. The molecule has 0 heterocycles. The van der Waals surface area contributed by atoms with E-state index in [1.54, 1.807) is 0 Å². The van der Waals surface area contributed by atoms with Gasteiger partial charge in [-0.1, -0.05) is 6.58 Å². The van der Waals surface area contributed by atoms with Crippen molar-refractivity contribution in [3.05, 3.63) is 12.3 Å². The Labute approximate surface area is 66.8 Å². The molecule has 0 N–H and O–H groups in total. The maximum absolute atomic E-state index is 5.36. The van der Waals surface area contributed by atoms with Crippen LogP contribution < -0.4 is 0 Å². The first-order valence-corrected chi connectivity index (χ1v) is 3.73. The van der Waals surface area contributed by atoms with Gasteiger partial charge in [-0.3, -0.25) is 0 Å². The zero-order valence-electron chi connectivity index (χ0n) is 6.23. The zero-order chi connectivity index (χ0) is 7.82. The van der Waals surface area contributed by atoms with E-state index in [1.165, 1.54) is 0 Å². The van der Waals surface area contributed by atoms with Crippen LogP contribution in [0.1, 0.15) is 6.92 Å². The molecule has 10 heavy (non-hydrogen) atoms. The first-order valence-electron chi connectivity index (χ1n) is 3.19. The van der Waals surface area contributed by atoms with Gasteiger partial charge in [0.1, 0.15) is 6.61 Å². The predicted molar refractivity (Wildman–Crippen MR) is 42.3 cm³/mol. The normalized spacial score (nSPS) is 9.40. The second-order valence-corrected chi connectivity index (χ2v) is 2.23. The molecule has 0 atom stereocenters. The molecule has 0 aliphatic carbocycles. The summed E-state index contributed by atoms with van der Waals surface area (Å²) in [5.74, 6) is 1.25. The molecular formula is C7H13ClO2. The van der Waals surface area contributed by atoms with E-state index in [2.05, 4.69) is 6.58 Å². The number of allylic oxidation sites excluding steroid dienone is 1. The van der Waals surface area contributed by atoms with E-state index in [9.17, 15) is 0 Å². The Morgan fingerprint density at radius 1 is 1.40 bits per heavy atom. The van der Waals surface area contributed by atoms with Crippen molar-refractivity contribution in [2.45, 2.75) is 6.92 Å². The number of ether oxygens (including phenoxy) is 2. The molecule has 0 aromatic carbocycles. The molecule has 0 aliphatic heterocycles. The lowest BCUT2D eigenvalue weighted by Crippen LogP contribution is -2.04. The lowest BCUT2D eigenvalue weighted by molar-refractivity contribution is 0.0851. The average molecular weight is 165 g/mol. The molecular weight excluding hydrogens is 152 g/mol. The van der Waals surface area contributed by atoms with Gasteiger partial charge in [0.2, 0.25) is 0 Å². The van der Waals surface area contributed by atoms with E-state index in [4.69, 9.17) is 21.1 Å². The summed E-state index contributed by atoms with van der Waals surface area (Å²) in [6.45, 7) is 7.11. The molecule has 3 heteroatoms. The summed E-state index contributed by atoms with van der Waals surface area (Å²) in [5, 5.41) is 0. The highest BCUT2D eigenvalue weighted by Crippen LogP contribution is 1.89. The Bertz CT molecular complexity index is 93.6. The number of halogens is 1. The minimum Gasteiger partial charge on any atom is -0.496 e. The van der Waals surface area contributed by atoms with Crippen LogP contribution >= 0.6 is 11.6 Å². The summed E-state index contributed by atoms with van der Waals surface area (Å²) in [4.78, 5) is 0. The van der Waals surface area contributed by atoms with Crippen molar-refractivity contribution >= 4 is 11.6 Å². The zero-order valence-corrected chi connectivity index (χ0v) is 6.99. The third-order valence-corrected chi connectivity index (χ3v) is 0.952. The van der Waals surface area contributed by atoms with Crippen LogP contribution in [-0.4, -0.2) is 25.7 Å². The Morgan fingerprint density at radius 3 is 2.60 bits per heavy atom. The van der Waals surface area contributed by atoms with Crippen LogP contribution in [0.3, 0.4) is 0 Å². The average Bonchev–Trinajstić information content (AvgIpc) is 1.87. The third-order valence-electron chi connectivity index (χ3n) is 0.798. The van der Waals surface area contributed by atoms with Gasteiger partial charge < -0.3 is 9.47 Å². The number of hydrogen-bond acceptors (Lipinski definition) is 2. The third kappa shape index (κ3) is 7.79. The van der Waals surface area contributed by atoms with Crippen molar-refractivity contribution in [3.63, 3.8) is 0 Å². The van der Waals surface area contributed by atoms with E-state index >= 15 is 0 Å². The molecule has 0 radical (unpaired) electrons. The summed E-state index contributed by atoms with van der Waals surface area (Å²) in [6, 6.07) is 0. The number of hydrogen-bond donors (Lipinski definition) is 0. The van der Waals surface area contributed by atoms with E-state index < -0.39 is 0 Å². The highest BCUT2D eigenvalue weighted by Gasteiger charge is 1.87. The van der Waals surface area contributed by atoms with Crippen molar-refractivity contribution in [3.8, 4) is 0 Å². The maximum atomic E-state index is 5.36. The summed E-state index contributed by atoms with van der Waals surface area (Å²) < 4.78 is 10.1. The van der Waals surface area contributed by atoms with Crippen LogP contribution in [0.2, 0.25) is 0 Å². The monoisotopic (exact) mass is 164 g/mol. The summed E-state index contributed by atoms with van der Waals surface area (Å²) >= 11 is 5.36. The van der Waals surface area contributed by atoms with Gasteiger partial charge in [-0.15, -0.1) is 11.6 Å². The summed E-state index contributed by atoms with van der Waals surface area (Å²) in [5.41, 5.74) is 0.